The van der Waals surface area contributed by atoms with Crippen molar-refractivity contribution in [1.82, 2.24) is 9.80 Å². The van der Waals surface area contributed by atoms with Crippen molar-refractivity contribution in [3.05, 3.63) is 93.2 Å². The number of primary amides is 1. The number of likely N-dealkylation sites (tertiary alicyclic amines) is 2. The molecule has 43 heavy (non-hydrogen) atoms. The summed E-state index contributed by atoms with van der Waals surface area (Å²) in [4.78, 5) is 31.1. The third kappa shape index (κ3) is 4.53. The minimum Gasteiger partial charge on any atom is -0.494 e. The zero-order valence-electron chi connectivity index (χ0n) is 23.7. The highest BCUT2D eigenvalue weighted by atomic mass is 35.5. The van der Waals surface area contributed by atoms with Crippen molar-refractivity contribution in [2.75, 3.05) is 25.0 Å². The van der Waals surface area contributed by atoms with Gasteiger partial charge in [0, 0.05) is 59.8 Å². The van der Waals surface area contributed by atoms with E-state index in [4.69, 9.17) is 33.7 Å². The molecule has 3 heterocycles. The number of nitrogens with two attached hydrogens (primary N) is 1. The Morgan fingerprint density at radius 3 is 2.74 bits per heavy atom. The highest BCUT2D eigenvalue weighted by Gasteiger charge is 2.69. The van der Waals surface area contributed by atoms with Crippen molar-refractivity contribution in [1.29, 1.82) is 0 Å². The van der Waals surface area contributed by atoms with Gasteiger partial charge >= 0.3 is 0 Å². The van der Waals surface area contributed by atoms with Crippen molar-refractivity contribution in [2.45, 2.75) is 49.9 Å². The maximum absolute atomic E-state index is 16.2. The van der Waals surface area contributed by atoms with Gasteiger partial charge in [-0.05, 0) is 67.1 Å². The van der Waals surface area contributed by atoms with Crippen LogP contribution in [0.1, 0.15) is 42.4 Å². The molecule has 4 aliphatic rings. The summed E-state index contributed by atoms with van der Waals surface area (Å²) in [5, 5.41) is 3.63. The van der Waals surface area contributed by atoms with E-state index in [0.717, 1.165) is 36.3 Å². The number of fused-ring (bicyclic) bond motifs is 3. The van der Waals surface area contributed by atoms with E-state index >= 15 is 4.39 Å². The summed E-state index contributed by atoms with van der Waals surface area (Å²) in [7, 11) is 0. The Bertz CT molecular complexity index is 1620. The van der Waals surface area contributed by atoms with E-state index in [1.807, 2.05) is 37.3 Å². The van der Waals surface area contributed by atoms with Crippen LogP contribution >= 0.6 is 23.2 Å². The highest BCUT2D eigenvalue weighted by Crippen LogP contribution is 2.61. The number of rotatable bonds is 8. The molecule has 3 fully saturated rings. The lowest BCUT2D eigenvalue weighted by atomic mass is 9.73. The maximum atomic E-state index is 16.2. The van der Waals surface area contributed by atoms with Gasteiger partial charge in [-0.3, -0.25) is 19.4 Å². The predicted octanol–water partition coefficient (Wildman–Crippen LogP) is 5.54. The van der Waals surface area contributed by atoms with E-state index in [9.17, 15) is 9.59 Å². The van der Waals surface area contributed by atoms with Crippen LogP contribution in [0.25, 0.3) is 0 Å². The van der Waals surface area contributed by atoms with E-state index in [2.05, 4.69) is 15.1 Å². The number of hydrogen-bond acceptors (Lipinski definition) is 5. The smallest absolute Gasteiger partial charge is 0.250 e. The minimum atomic E-state index is -1.24. The number of anilines is 1. The Hall–Kier alpha value is -3.17. The van der Waals surface area contributed by atoms with Gasteiger partial charge in [-0.15, -0.1) is 0 Å². The van der Waals surface area contributed by atoms with Crippen molar-refractivity contribution in [3.63, 3.8) is 0 Å². The molecule has 7 nitrogen and oxygen atoms in total. The van der Waals surface area contributed by atoms with Crippen molar-refractivity contribution in [2.24, 2.45) is 17.6 Å². The van der Waals surface area contributed by atoms with Gasteiger partial charge in [-0.25, -0.2) is 4.39 Å². The molecule has 0 aromatic heterocycles. The van der Waals surface area contributed by atoms with Crippen LogP contribution < -0.4 is 15.8 Å². The number of carbonyl (C=O) groups is 2. The lowest BCUT2D eigenvalue weighted by molar-refractivity contribution is -0.128. The Labute approximate surface area is 260 Å². The van der Waals surface area contributed by atoms with E-state index < -0.39 is 17.3 Å². The second-order valence-electron chi connectivity index (χ2n) is 12.1. The van der Waals surface area contributed by atoms with Gasteiger partial charge in [0.1, 0.15) is 17.1 Å². The molecule has 3 aromatic rings. The number of nitrogens with zero attached hydrogens (tertiary/aromatic N) is 2. The maximum Gasteiger partial charge on any atom is 0.250 e. The quantitative estimate of drug-likeness (QED) is 0.344. The molecule has 0 bridgehead atoms. The van der Waals surface area contributed by atoms with Crippen molar-refractivity contribution >= 4 is 40.7 Å². The summed E-state index contributed by atoms with van der Waals surface area (Å²) >= 11 is 12.8. The molecule has 3 aliphatic heterocycles. The summed E-state index contributed by atoms with van der Waals surface area (Å²) in [5.74, 6) is -0.852. The number of amides is 2. The molecule has 3 N–H and O–H groups in total. The van der Waals surface area contributed by atoms with Gasteiger partial charge < -0.3 is 15.8 Å². The SMILES string of the molecule is CCOc1cccc(CN2[C@H]3CCN(CC4CC4C(N)=O)[C@H]3[C@H](c3cccc(Cl)c3F)[C@]23C(=O)Nc2cc(Cl)ccc23)c1. The summed E-state index contributed by atoms with van der Waals surface area (Å²) in [6, 6.07) is 18.1. The monoisotopic (exact) mass is 622 g/mol. The van der Waals surface area contributed by atoms with Crippen LogP contribution in [0.3, 0.4) is 0 Å². The first kappa shape index (κ1) is 28.6. The molecule has 2 amide bonds. The van der Waals surface area contributed by atoms with Gasteiger partial charge in [0.25, 0.3) is 0 Å². The topological polar surface area (TPSA) is 87.9 Å². The summed E-state index contributed by atoms with van der Waals surface area (Å²) in [6.45, 7) is 4.34. The van der Waals surface area contributed by atoms with Gasteiger partial charge in [0.2, 0.25) is 11.8 Å². The van der Waals surface area contributed by atoms with Crippen LogP contribution in [0.2, 0.25) is 10.0 Å². The minimum absolute atomic E-state index is 0.0160. The fourth-order valence-corrected chi connectivity index (χ4v) is 8.38. The van der Waals surface area contributed by atoms with Gasteiger partial charge in [-0.1, -0.05) is 53.5 Å². The molecule has 0 radical (unpaired) electrons. The number of benzene rings is 3. The van der Waals surface area contributed by atoms with Gasteiger partial charge in [0.05, 0.1) is 11.6 Å². The molecule has 2 saturated heterocycles. The fourth-order valence-electron chi connectivity index (χ4n) is 8.03. The summed E-state index contributed by atoms with van der Waals surface area (Å²) < 4.78 is 22.0. The van der Waals surface area contributed by atoms with Crippen LogP contribution in [-0.2, 0) is 21.7 Å². The zero-order valence-corrected chi connectivity index (χ0v) is 25.2. The number of carbonyl (C=O) groups excluding carboxylic acids is 2. The Balaban J connectivity index is 1.42. The Morgan fingerprint density at radius 1 is 1.16 bits per heavy atom. The van der Waals surface area contributed by atoms with E-state index in [-0.39, 0.29) is 40.8 Å². The average Bonchev–Trinajstić information content (AvgIpc) is 3.44. The molecule has 1 spiro atoms. The first-order valence-electron chi connectivity index (χ1n) is 14.8. The van der Waals surface area contributed by atoms with E-state index in [1.54, 1.807) is 24.3 Å². The van der Waals surface area contributed by atoms with E-state index in [0.29, 0.717) is 36.0 Å². The van der Waals surface area contributed by atoms with Crippen LogP contribution in [0.15, 0.2) is 60.7 Å². The van der Waals surface area contributed by atoms with Crippen LogP contribution in [0.4, 0.5) is 10.1 Å². The van der Waals surface area contributed by atoms with Crippen LogP contribution in [-0.4, -0.2) is 53.4 Å². The molecule has 7 rings (SSSR count). The number of ether oxygens (including phenoxy) is 1. The van der Waals surface area contributed by atoms with Crippen molar-refractivity contribution in [3.8, 4) is 5.75 Å². The summed E-state index contributed by atoms with van der Waals surface area (Å²) in [5.41, 5.74) is 7.18. The Kier molecular flexibility index (Phi) is 7.16. The van der Waals surface area contributed by atoms with Gasteiger partial charge in [-0.2, -0.15) is 0 Å². The largest absolute Gasteiger partial charge is 0.494 e. The average molecular weight is 624 g/mol. The molecule has 3 aromatic carbocycles. The second-order valence-corrected chi connectivity index (χ2v) is 12.9. The molecule has 1 aliphatic carbocycles. The molecular weight excluding hydrogens is 590 g/mol. The van der Waals surface area contributed by atoms with Crippen LogP contribution in [0.5, 0.6) is 5.75 Å². The molecule has 6 atom stereocenters. The lowest BCUT2D eigenvalue weighted by Crippen LogP contribution is -2.52. The first-order valence-corrected chi connectivity index (χ1v) is 15.6. The van der Waals surface area contributed by atoms with Gasteiger partial charge in [0.15, 0.2) is 0 Å². The molecule has 10 heteroatoms. The van der Waals surface area contributed by atoms with Crippen molar-refractivity contribution < 1.29 is 18.7 Å². The molecule has 1 saturated carbocycles. The third-order valence-corrected chi connectivity index (χ3v) is 10.3. The van der Waals surface area contributed by atoms with Crippen LogP contribution in [0, 0.1) is 17.7 Å². The number of nitrogens with one attached hydrogen (secondary N) is 1. The second kappa shape index (κ2) is 10.8. The normalized spacial score (nSPS) is 29.5. The standard InChI is InChI=1S/C33H33Cl2FN4O3/c1-2-43-21-6-3-5-18(13-21)16-40-27-11-12-39(17-19-14-23(19)31(37)41)30(27)28(22-7-4-8-25(35)29(22)36)33(40)24-10-9-20(34)15-26(24)38-32(33)42/h3-10,13,15,19,23,27-28,30H,2,11-12,14,16-17H2,1H3,(H2,37,41)(H,38,42)/t19?,23?,27-,28-,30+,33+/m0/s1. The summed E-state index contributed by atoms with van der Waals surface area (Å²) in [6.07, 6.45) is 1.53. The number of hydrogen-bond donors (Lipinski definition) is 2. The fraction of sp³-hybridized carbons (Fsp3) is 0.394. The first-order chi connectivity index (χ1) is 20.7. The molecule has 2 unspecified atom stereocenters. The van der Waals surface area contributed by atoms with E-state index in [1.165, 1.54) is 6.07 Å². The predicted molar refractivity (Wildman–Crippen MR) is 164 cm³/mol. The molecule has 224 valence electrons. The zero-order chi connectivity index (χ0) is 30.0. The lowest BCUT2D eigenvalue weighted by Gasteiger charge is -2.41. The third-order valence-electron chi connectivity index (χ3n) is 9.80. The Morgan fingerprint density at radius 2 is 1.98 bits per heavy atom. The highest BCUT2D eigenvalue weighted by molar-refractivity contribution is 6.31. The molecular formula is C33H33Cl2FN4O3. The number of halogens is 3.